The van der Waals surface area contributed by atoms with Crippen molar-refractivity contribution >= 4 is 22.9 Å². The topological polar surface area (TPSA) is 79.5 Å². The van der Waals surface area contributed by atoms with Gasteiger partial charge in [-0.3, -0.25) is 4.79 Å². The molecule has 0 saturated carbocycles. The minimum atomic E-state index is -0.703. The highest BCUT2D eigenvalue weighted by Crippen LogP contribution is 2.17. The fourth-order valence-corrected chi connectivity index (χ4v) is 2.93. The minimum Gasteiger partial charge on any atom is -0.386 e. The van der Waals surface area contributed by atoms with Gasteiger partial charge in [-0.15, -0.1) is 11.3 Å². The molecule has 0 radical (unpaired) electrons. The Balaban J connectivity index is 1.74. The summed E-state index contributed by atoms with van der Waals surface area (Å²) in [5.74, 6) is -0.306. The van der Waals surface area contributed by atoms with E-state index in [9.17, 15) is 9.90 Å². The van der Waals surface area contributed by atoms with E-state index in [1.54, 1.807) is 10.6 Å². The smallest absolute Gasteiger partial charge is 0.270 e. The van der Waals surface area contributed by atoms with E-state index in [2.05, 4.69) is 15.4 Å². The Bertz CT molecular complexity index is 810. The van der Waals surface area contributed by atoms with Crippen LogP contribution in [0.1, 0.15) is 32.9 Å². The lowest BCUT2D eigenvalue weighted by Gasteiger charge is -2.10. The lowest BCUT2D eigenvalue weighted by molar-refractivity contribution is 0.0913. The zero-order chi connectivity index (χ0) is 15.7. The second-order valence-corrected chi connectivity index (χ2v) is 6.06. The summed E-state index contributed by atoms with van der Waals surface area (Å²) < 4.78 is 1.70. The molecule has 3 rings (SSSR count). The van der Waals surface area contributed by atoms with Gasteiger partial charge in [0, 0.05) is 23.2 Å². The Morgan fingerprint density at radius 1 is 1.45 bits per heavy atom. The zero-order valence-electron chi connectivity index (χ0n) is 12.3. The molecule has 3 aromatic heterocycles. The van der Waals surface area contributed by atoms with Crippen molar-refractivity contribution in [3.8, 4) is 0 Å². The average Bonchev–Trinajstić information content (AvgIpc) is 3.13. The standard InChI is InChI=1S/C15H16N4O2S/c1-9-6-14-17-11(7-10(2)19(14)18-9)15(21)16-8-12(20)13-4-3-5-22-13/h3-7,12,20H,8H2,1-2H3,(H,16,21)/t12-/m0/s1. The van der Waals surface area contributed by atoms with Gasteiger partial charge < -0.3 is 10.4 Å². The molecule has 114 valence electrons. The molecule has 1 atom stereocenters. The summed E-state index contributed by atoms with van der Waals surface area (Å²) in [5, 5.41) is 18.9. The molecule has 0 aromatic carbocycles. The highest BCUT2D eigenvalue weighted by molar-refractivity contribution is 7.10. The van der Waals surface area contributed by atoms with Crippen LogP contribution < -0.4 is 5.32 Å². The number of hydrogen-bond acceptors (Lipinski definition) is 5. The summed E-state index contributed by atoms with van der Waals surface area (Å²) in [6.07, 6.45) is -0.703. The molecule has 1 amide bonds. The number of aliphatic hydroxyl groups excluding tert-OH is 1. The highest BCUT2D eigenvalue weighted by Gasteiger charge is 2.14. The third kappa shape index (κ3) is 2.86. The number of rotatable bonds is 4. The number of carbonyl (C=O) groups excluding carboxylic acids is 1. The molecule has 2 N–H and O–H groups in total. The number of nitrogens with one attached hydrogen (secondary N) is 1. The second-order valence-electron chi connectivity index (χ2n) is 5.08. The number of aliphatic hydroxyl groups is 1. The van der Waals surface area contributed by atoms with Gasteiger partial charge in [-0.2, -0.15) is 5.10 Å². The van der Waals surface area contributed by atoms with Gasteiger partial charge in [0.2, 0.25) is 0 Å². The van der Waals surface area contributed by atoms with Gasteiger partial charge in [0.1, 0.15) is 11.8 Å². The summed E-state index contributed by atoms with van der Waals surface area (Å²) in [6, 6.07) is 7.22. The van der Waals surface area contributed by atoms with Crippen molar-refractivity contribution in [2.24, 2.45) is 0 Å². The van der Waals surface area contributed by atoms with E-state index >= 15 is 0 Å². The van der Waals surface area contributed by atoms with Crippen molar-refractivity contribution in [3.05, 3.63) is 51.6 Å². The largest absolute Gasteiger partial charge is 0.386 e. The van der Waals surface area contributed by atoms with Gasteiger partial charge in [0.15, 0.2) is 5.65 Å². The first-order valence-corrected chi connectivity index (χ1v) is 7.76. The monoisotopic (exact) mass is 316 g/mol. The van der Waals surface area contributed by atoms with Crippen molar-refractivity contribution in [1.82, 2.24) is 19.9 Å². The number of thiophene rings is 1. The Kier molecular flexibility index (Phi) is 3.91. The Morgan fingerprint density at radius 2 is 2.27 bits per heavy atom. The van der Waals surface area contributed by atoms with E-state index < -0.39 is 6.10 Å². The van der Waals surface area contributed by atoms with Crippen molar-refractivity contribution in [2.45, 2.75) is 20.0 Å². The van der Waals surface area contributed by atoms with Gasteiger partial charge in [-0.1, -0.05) is 6.07 Å². The van der Waals surface area contributed by atoms with E-state index in [0.717, 1.165) is 16.3 Å². The number of carbonyl (C=O) groups is 1. The van der Waals surface area contributed by atoms with E-state index in [0.29, 0.717) is 11.3 Å². The van der Waals surface area contributed by atoms with Crippen LogP contribution in [-0.2, 0) is 0 Å². The number of fused-ring (bicyclic) bond motifs is 1. The predicted molar refractivity (Wildman–Crippen MR) is 84.1 cm³/mol. The van der Waals surface area contributed by atoms with Crippen molar-refractivity contribution in [1.29, 1.82) is 0 Å². The zero-order valence-corrected chi connectivity index (χ0v) is 13.1. The van der Waals surface area contributed by atoms with Crippen molar-refractivity contribution in [3.63, 3.8) is 0 Å². The van der Waals surface area contributed by atoms with Crippen LogP contribution in [0.25, 0.3) is 5.65 Å². The van der Waals surface area contributed by atoms with Crippen LogP contribution in [0.4, 0.5) is 0 Å². The van der Waals surface area contributed by atoms with E-state index in [1.807, 2.05) is 37.4 Å². The fourth-order valence-electron chi connectivity index (χ4n) is 2.22. The molecule has 7 heteroatoms. The summed E-state index contributed by atoms with van der Waals surface area (Å²) >= 11 is 1.46. The van der Waals surface area contributed by atoms with E-state index in [4.69, 9.17) is 0 Å². The maximum atomic E-state index is 12.2. The van der Waals surface area contributed by atoms with Crippen LogP contribution >= 0.6 is 11.3 Å². The van der Waals surface area contributed by atoms with E-state index in [1.165, 1.54) is 11.3 Å². The molecule has 0 aliphatic rings. The maximum absolute atomic E-state index is 12.2. The van der Waals surface area contributed by atoms with Crippen LogP contribution in [0.2, 0.25) is 0 Å². The molecule has 0 fully saturated rings. The molecule has 0 unspecified atom stereocenters. The number of aromatic nitrogens is 3. The summed E-state index contributed by atoms with van der Waals surface area (Å²) in [7, 11) is 0. The quantitative estimate of drug-likeness (QED) is 0.770. The molecule has 3 aromatic rings. The maximum Gasteiger partial charge on any atom is 0.270 e. The van der Waals surface area contributed by atoms with Crippen LogP contribution in [0, 0.1) is 13.8 Å². The lowest BCUT2D eigenvalue weighted by atomic mass is 10.2. The Morgan fingerprint density at radius 3 is 3.00 bits per heavy atom. The molecule has 0 bridgehead atoms. The number of amides is 1. The van der Waals surface area contributed by atoms with Gasteiger partial charge in [-0.05, 0) is 31.4 Å². The molecule has 22 heavy (non-hydrogen) atoms. The second kappa shape index (κ2) is 5.86. The fraction of sp³-hybridized carbons (Fsp3) is 0.267. The molecule has 0 aliphatic heterocycles. The van der Waals surface area contributed by atoms with Gasteiger partial charge in [0.05, 0.1) is 5.69 Å². The van der Waals surface area contributed by atoms with Crippen LogP contribution in [0.3, 0.4) is 0 Å². The van der Waals surface area contributed by atoms with E-state index in [-0.39, 0.29) is 12.5 Å². The SMILES string of the molecule is Cc1cc2nc(C(=O)NC[C@H](O)c3cccs3)cc(C)n2n1. The third-order valence-corrected chi connectivity index (χ3v) is 4.26. The number of hydrogen-bond donors (Lipinski definition) is 2. The van der Waals surface area contributed by atoms with Crippen molar-refractivity contribution in [2.75, 3.05) is 6.54 Å². The Labute approximate surface area is 131 Å². The first kappa shape index (κ1) is 14.7. The van der Waals surface area contributed by atoms with Crippen molar-refractivity contribution < 1.29 is 9.90 Å². The molecule has 0 saturated heterocycles. The van der Waals surface area contributed by atoms with Crippen LogP contribution in [-0.4, -0.2) is 32.2 Å². The number of nitrogens with zero attached hydrogens (tertiary/aromatic N) is 3. The minimum absolute atomic E-state index is 0.156. The number of aryl methyl sites for hydroxylation is 2. The lowest BCUT2D eigenvalue weighted by Crippen LogP contribution is -2.29. The molecule has 6 nitrogen and oxygen atoms in total. The molecule has 3 heterocycles. The first-order chi connectivity index (χ1) is 10.5. The summed E-state index contributed by atoms with van der Waals surface area (Å²) in [4.78, 5) is 17.3. The summed E-state index contributed by atoms with van der Waals surface area (Å²) in [5.41, 5.74) is 2.65. The van der Waals surface area contributed by atoms with Gasteiger partial charge in [-0.25, -0.2) is 9.50 Å². The normalized spacial score (nSPS) is 12.5. The molecular formula is C15H16N4O2S. The predicted octanol–water partition coefficient (Wildman–Crippen LogP) is 1.87. The van der Waals surface area contributed by atoms with Crippen LogP contribution in [0.15, 0.2) is 29.6 Å². The van der Waals surface area contributed by atoms with Gasteiger partial charge >= 0.3 is 0 Å². The Hall–Kier alpha value is -2.25. The van der Waals surface area contributed by atoms with Gasteiger partial charge in [0.25, 0.3) is 5.91 Å². The summed E-state index contributed by atoms with van der Waals surface area (Å²) in [6.45, 7) is 3.91. The first-order valence-electron chi connectivity index (χ1n) is 6.88. The highest BCUT2D eigenvalue weighted by atomic mass is 32.1. The molecule has 0 aliphatic carbocycles. The average molecular weight is 316 g/mol. The van der Waals surface area contributed by atoms with Crippen LogP contribution in [0.5, 0.6) is 0 Å². The third-order valence-electron chi connectivity index (χ3n) is 3.29. The molecule has 0 spiro atoms. The molecular weight excluding hydrogens is 300 g/mol.